The Balaban J connectivity index is 1.71. The molecule has 4 rings (SSSR count). The maximum Gasteiger partial charge on any atom is 0.335 e. The molecule has 1 aliphatic rings. The SMILES string of the molecule is Cc1cccc(C)c1OC(=O)C(Cc1ccccc1)N1C(=O)c2ccccc2C1=O. The van der Waals surface area contributed by atoms with E-state index >= 15 is 0 Å². The number of para-hydroxylation sites is 1. The first kappa shape index (κ1) is 19.6. The van der Waals surface area contributed by atoms with E-state index < -0.39 is 23.8 Å². The maximum absolute atomic E-state index is 13.3. The van der Waals surface area contributed by atoms with Gasteiger partial charge in [0.1, 0.15) is 11.8 Å². The molecule has 0 spiro atoms. The van der Waals surface area contributed by atoms with Crippen LogP contribution in [0, 0.1) is 13.8 Å². The minimum Gasteiger partial charge on any atom is -0.424 e. The second kappa shape index (κ2) is 7.95. The molecule has 1 atom stereocenters. The maximum atomic E-state index is 13.3. The third kappa shape index (κ3) is 3.50. The Morgan fingerprint density at radius 3 is 1.90 bits per heavy atom. The van der Waals surface area contributed by atoms with E-state index in [9.17, 15) is 14.4 Å². The van der Waals surface area contributed by atoms with Crippen LogP contribution in [0.5, 0.6) is 5.75 Å². The average molecular weight is 399 g/mol. The van der Waals surface area contributed by atoms with E-state index in [1.54, 1.807) is 24.3 Å². The monoisotopic (exact) mass is 399 g/mol. The number of esters is 1. The number of carbonyl (C=O) groups is 3. The molecule has 0 N–H and O–H groups in total. The molecule has 0 fully saturated rings. The van der Waals surface area contributed by atoms with Crippen molar-refractivity contribution in [1.82, 2.24) is 4.90 Å². The van der Waals surface area contributed by atoms with Crippen molar-refractivity contribution in [2.24, 2.45) is 0 Å². The van der Waals surface area contributed by atoms with Gasteiger partial charge in [0.15, 0.2) is 0 Å². The summed E-state index contributed by atoms with van der Waals surface area (Å²) in [5.74, 6) is -1.13. The molecule has 3 aromatic rings. The van der Waals surface area contributed by atoms with Gasteiger partial charge in [-0.25, -0.2) is 4.79 Å². The fourth-order valence-electron chi connectivity index (χ4n) is 3.74. The van der Waals surface area contributed by atoms with Gasteiger partial charge in [-0.1, -0.05) is 60.7 Å². The molecule has 2 amide bonds. The lowest BCUT2D eigenvalue weighted by molar-refractivity contribution is -0.138. The first-order chi connectivity index (χ1) is 14.5. The topological polar surface area (TPSA) is 63.7 Å². The number of imide groups is 1. The molecule has 0 saturated carbocycles. The Hall–Kier alpha value is -3.73. The number of rotatable bonds is 5. The molecule has 150 valence electrons. The van der Waals surface area contributed by atoms with Crippen molar-refractivity contribution in [2.75, 3.05) is 0 Å². The van der Waals surface area contributed by atoms with Crippen LogP contribution in [0.4, 0.5) is 0 Å². The number of benzene rings is 3. The zero-order chi connectivity index (χ0) is 21.3. The van der Waals surface area contributed by atoms with Crippen molar-refractivity contribution < 1.29 is 19.1 Å². The summed E-state index contributed by atoms with van der Waals surface area (Å²) in [7, 11) is 0. The van der Waals surface area contributed by atoms with Gasteiger partial charge in [0.2, 0.25) is 0 Å². The van der Waals surface area contributed by atoms with Gasteiger partial charge in [-0.3, -0.25) is 14.5 Å². The Labute approximate surface area is 174 Å². The second-order valence-electron chi connectivity index (χ2n) is 7.37. The van der Waals surface area contributed by atoms with Crippen LogP contribution < -0.4 is 4.74 Å². The minimum atomic E-state index is -1.07. The summed E-state index contributed by atoms with van der Waals surface area (Å²) < 4.78 is 5.73. The highest BCUT2D eigenvalue weighted by Gasteiger charge is 2.43. The zero-order valence-corrected chi connectivity index (χ0v) is 16.8. The molecular formula is C25H21NO4. The van der Waals surface area contributed by atoms with Crippen molar-refractivity contribution in [3.8, 4) is 5.75 Å². The smallest absolute Gasteiger partial charge is 0.335 e. The van der Waals surface area contributed by atoms with Gasteiger partial charge in [-0.2, -0.15) is 0 Å². The largest absolute Gasteiger partial charge is 0.424 e. The molecule has 0 aromatic heterocycles. The van der Waals surface area contributed by atoms with E-state index in [0.717, 1.165) is 21.6 Å². The predicted molar refractivity (Wildman–Crippen MR) is 112 cm³/mol. The van der Waals surface area contributed by atoms with Gasteiger partial charge in [-0.05, 0) is 42.7 Å². The zero-order valence-electron chi connectivity index (χ0n) is 16.8. The van der Waals surface area contributed by atoms with Gasteiger partial charge < -0.3 is 4.74 Å². The highest BCUT2D eigenvalue weighted by molar-refractivity contribution is 6.22. The number of aryl methyl sites for hydroxylation is 2. The number of carbonyl (C=O) groups excluding carboxylic acids is 3. The molecule has 0 aliphatic carbocycles. The molecular weight excluding hydrogens is 378 g/mol. The Bertz CT molecular complexity index is 1080. The number of nitrogens with zero attached hydrogens (tertiary/aromatic N) is 1. The van der Waals surface area contributed by atoms with Gasteiger partial charge in [-0.15, -0.1) is 0 Å². The van der Waals surface area contributed by atoms with Crippen molar-refractivity contribution in [3.05, 3.63) is 101 Å². The van der Waals surface area contributed by atoms with Crippen LogP contribution >= 0.6 is 0 Å². The standard InChI is InChI=1S/C25H21NO4/c1-16-9-8-10-17(2)22(16)30-25(29)21(15-18-11-4-3-5-12-18)26-23(27)19-13-6-7-14-20(19)24(26)28/h3-14,21H,15H2,1-2H3. The molecule has 0 bridgehead atoms. The first-order valence-corrected chi connectivity index (χ1v) is 9.76. The molecule has 1 aliphatic heterocycles. The van der Waals surface area contributed by atoms with E-state index in [4.69, 9.17) is 4.74 Å². The van der Waals surface area contributed by atoms with Crippen LogP contribution in [-0.2, 0) is 11.2 Å². The number of fused-ring (bicyclic) bond motifs is 1. The van der Waals surface area contributed by atoms with Crippen LogP contribution in [0.1, 0.15) is 37.4 Å². The third-order valence-corrected chi connectivity index (χ3v) is 5.29. The Kier molecular flexibility index (Phi) is 5.19. The summed E-state index contributed by atoms with van der Waals surface area (Å²) in [4.78, 5) is 40.4. The van der Waals surface area contributed by atoms with Crippen LogP contribution in [-0.4, -0.2) is 28.7 Å². The molecule has 1 unspecified atom stereocenters. The lowest BCUT2D eigenvalue weighted by Crippen LogP contribution is -2.48. The highest BCUT2D eigenvalue weighted by atomic mass is 16.5. The summed E-state index contributed by atoms with van der Waals surface area (Å²) in [5.41, 5.74) is 3.06. The van der Waals surface area contributed by atoms with Crippen molar-refractivity contribution in [2.45, 2.75) is 26.3 Å². The number of amides is 2. The van der Waals surface area contributed by atoms with E-state index in [1.807, 2.05) is 62.4 Å². The lowest BCUT2D eigenvalue weighted by Gasteiger charge is -2.25. The molecule has 30 heavy (non-hydrogen) atoms. The van der Waals surface area contributed by atoms with Crippen molar-refractivity contribution >= 4 is 17.8 Å². The molecule has 0 saturated heterocycles. The fraction of sp³-hybridized carbons (Fsp3) is 0.160. The quantitative estimate of drug-likeness (QED) is 0.368. The van der Waals surface area contributed by atoms with E-state index in [1.165, 1.54) is 0 Å². The molecule has 1 heterocycles. The number of hydrogen-bond acceptors (Lipinski definition) is 4. The number of ether oxygens (including phenoxy) is 1. The Morgan fingerprint density at radius 1 is 0.800 bits per heavy atom. The summed E-state index contributed by atoms with van der Waals surface area (Å²) >= 11 is 0. The molecule has 3 aromatic carbocycles. The summed E-state index contributed by atoms with van der Waals surface area (Å²) in [6.07, 6.45) is 0.177. The van der Waals surface area contributed by atoms with Crippen molar-refractivity contribution in [3.63, 3.8) is 0 Å². The van der Waals surface area contributed by atoms with Gasteiger partial charge >= 0.3 is 5.97 Å². The molecule has 0 radical (unpaired) electrons. The van der Waals surface area contributed by atoms with E-state index in [-0.39, 0.29) is 6.42 Å². The van der Waals surface area contributed by atoms with Gasteiger partial charge in [0.05, 0.1) is 11.1 Å². The summed E-state index contributed by atoms with van der Waals surface area (Å²) in [6.45, 7) is 3.70. The fourth-order valence-corrected chi connectivity index (χ4v) is 3.74. The van der Waals surface area contributed by atoms with Crippen LogP contribution in [0.15, 0.2) is 72.8 Å². The normalized spacial score (nSPS) is 13.9. The predicted octanol–water partition coefficient (Wildman–Crippen LogP) is 4.12. The van der Waals surface area contributed by atoms with Gasteiger partial charge in [0.25, 0.3) is 11.8 Å². The summed E-state index contributed by atoms with van der Waals surface area (Å²) in [5, 5.41) is 0. The summed E-state index contributed by atoms with van der Waals surface area (Å²) in [6, 6.07) is 20.4. The Morgan fingerprint density at radius 2 is 1.33 bits per heavy atom. The molecule has 5 nitrogen and oxygen atoms in total. The van der Waals surface area contributed by atoms with Crippen LogP contribution in [0.2, 0.25) is 0 Å². The molecule has 5 heteroatoms. The van der Waals surface area contributed by atoms with Crippen molar-refractivity contribution in [1.29, 1.82) is 0 Å². The minimum absolute atomic E-state index is 0.177. The van der Waals surface area contributed by atoms with Crippen LogP contribution in [0.3, 0.4) is 0 Å². The first-order valence-electron chi connectivity index (χ1n) is 9.76. The van der Waals surface area contributed by atoms with E-state index in [2.05, 4.69) is 0 Å². The van der Waals surface area contributed by atoms with Gasteiger partial charge in [0, 0.05) is 6.42 Å². The second-order valence-corrected chi connectivity index (χ2v) is 7.37. The average Bonchev–Trinajstić information content (AvgIpc) is 3.00. The highest BCUT2D eigenvalue weighted by Crippen LogP contribution is 2.28. The van der Waals surface area contributed by atoms with E-state index in [0.29, 0.717) is 16.9 Å². The van der Waals surface area contributed by atoms with Crippen LogP contribution in [0.25, 0.3) is 0 Å². The lowest BCUT2D eigenvalue weighted by atomic mass is 10.0. The third-order valence-electron chi connectivity index (χ3n) is 5.29. The number of hydrogen-bond donors (Lipinski definition) is 0.